The Kier molecular flexibility index (Phi) is 7.52. The zero-order valence-corrected chi connectivity index (χ0v) is 19.4. The minimum absolute atomic E-state index is 0.0322. The van der Waals surface area contributed by atoms with Gasteiger partial charge in [-0.05, 0) is 77.9 Å². The predicted molar refractivity (Wildman–Crippen MR) is 125 cm³/mol. The molecule has 0 bridgehead atoms. The molecule has 36 heavy (non-hydrogen) atoms. The highest BCUT2D eigenvalue weighted by Gasteiger charge is 2.34. The number of hydrogen-bond acceptors (Lipinski definition) is 2. The SMILES string of the molecule is CCc1ccc(CCc2ccc3c(F)c(CCc4cc(F)c(OC(F)(F)F)c(F)c4)ccc3c2)nc1. The van der Waals surface area contributed by atoms with Crippen LogP contribution in [0, 0.1) is 17.5 Å². The van der Waals surface area contributed by atoms with Gasteiger partial charge in [0.1, 0.15) is 5.82 Å². The molecule has 0 spiro atoms. The molecule has 0 fully saturated rings. The fourth-order valence-corrected chi connectivity index (χ4v) is 4.07. The molecule has 8 heteroatoms. The number of aromatic nitrogens is 1. The quantitative estimate of drug-likeness (QED) is 0.230. The molecule has 188 valence electrons. The first-order chi connectivity index (χ1) is 17.1. The van der Waals surface area contributed by atoms with Gasteiger partial charge in [-0.15, -0.1) is 13.2 Å². The second kappa shape index (κ2) is 10.6. The second-order valence-electron chi connectivity index (χ2n) is 8.54. The molecule has 0 unspecified atom stereocenters. The molecule has 0 aliphatic carbocycles. The molecule has 0 amide bonds. The Morgan fingerprint density at radius 2 is 1.44 bits per heavy atom. The molecule has 0 aliphatic heterocycles. The van der Waals surface area contributed by atoms with Gasteiger partial charge in [0.05, 0.1) is 0 Å². The third kappa shape index (κ3) is 6.17. The standard InChI is InChI=1S/C28H23F6NO/c1-2-17-4-10-22(35-16-17)11-5-18-6-12-23-21(13-18)9-8-20(26(23)31)7-3-19-14-24(29)27(25(30)15-19)36-28(32,33)34/h4,6,8-10,12-16H,2-3,5,7,11H2,1H3. The van der Waals surface area contributed by atoms with Crippen molar-refractivity contribution in [3.63, 3.8) is 0 Å². The van der Waals surface area contributed by atoms with E-state index in [1.165, 1.54) is 5.56 Å². The first-order valence-corrected chi connectivity index (χ1v) is 11.5. The van der Waals surface area contributed by atoms with E-state index in [1.54, 1.807) is 18.2 Å². The number of benzene rings is 3. The molecule has 0 saturated carbocycles. The molecular formula is C28H23F6NO. The highest BCUT2D eigenvalue weighted by Crippen LogP contribution is 2.30. The van der Waals surface area contributed by atoms with Crippen molar-refractivity contribution in [2.45, 2.75) is 45.4 Å². The number of alkyl halides is 3. The maximum atomic E-state index is 15.1. The maximum Gasteiger partial charge on any atom is 0.573 e. The van der Waals surface area contributed by atoms with E-state index in [0.29, 0.717) is 10.9 Å². The predicted octanol–water partition coefficient (Wildman–Crippen LogP) is 7.68. The van der Waals surface area contributed by atoms with E-state index in [0.717, 1.165) is 48.0 Å². The Bertz CT molecular complexity index is 1340. The number of hydrogen-bond donors (Lipinski definition) is 0. The molecule has 2 nitrogen and oxygen atoms in total. The summed E-state index contributed by atoms with van der Waals surface area (Å²) in [6.07, 6.45) is -0.748. The van der Waals surface area contributed by atoms with Gasteiger partial charge in [0, 0.05) is 17.3 Å². The van der Waals surface area contributed by atoms with Crippen LogP contribution in [0.1, 0.15) is 34.9 Å². The van der Waals surface area contributed by atoms with Gasteiger partial charge in [-0.1, -0.05) is 43.3 Å². The lowest BCUT2D eigenvalue weighted by molar-refractivity contribution is -0.276. The molecule has 0 saturated heterocycles. The van der Waals surface area contributed by atoms with Crippen LogP contribution in [-0.4, -0.2) is 11.3 Å². The van der Waals surface area contributed by atoms with Crippen LogP contribution in [0.3, 0.4) is 0 Å². The minimum Gasteiger partial charge on any atom is -0.399 e. The number of fused-ring (bicyclic) bond motifs is 1. The summed E-state index contributed by atoms with van der Waals surface area (Å²) in [5.74, 6) is -4.88. The van der Waals surface area contributed by atoms with E-state index in [4.69, 9.17) is 0 Å². The van der Waals surface area contributed by atoms with Gasteiger partial charge in [-0.3, -0.25) is 4.98 Å². The van der Waals surface area contributed by atoms with Gasteiger partial charge < -0.3 is 4.74 Å². The fourth-order valence-electron chi connectivity index (χ4n) is 4.07. The fraction of sp³-hybridized carbons (Fsp3) is 0.250. The van der Waals surface area contributed by atoms with Gasteiger partial charge in [0.2, 0.25) is 5.75 Å². The lowest BCUT2D eigenvalue weighted by Gasteiger charge is -2.12. The molecule has 3 aromatic carbocycles. The van der Waals surface area contributed by atoms with E-state index in [-0.39, 0.29) is 18.4 Å². The van der Waals surface area contributed by atoms with Gasteiger partial charge in [-0.2, -0.15) is 0 Å². The summed E-state index contributed by atoms with van der Waals surface area (Å²) in [5, 5.41) is 1.15. The Morgan fingerprint density at radius 3 is 2.08 bits per heavy atom. The first-order valence-electron chi connectivity index (χ1n) is 11.5. The van der Waals surface area contributed by atoms with Crippen molar-refractivity contribution in [3.05, 3.63) is 106 Å². The maximum absolute atomic E-state index is 15.1. The largest absolute Gasteiger partial charge is 0.573 e. The lowest BCUT2D eigenvalue weighted by atomic mass is 9.97. The average molecular weight is 503 g/mol. The Labute approximate surface area is 204 Å². The Balaban J connectivity index is 1.44. The van der Waals surface area contributed by atoms with Crippen LogP contribution in [0.25, 0.3) is 10.8 Å². The van der Waals surface area contributed by atoms with E-state index in [9.17, 15) is 22.0 Å². The number of rotatable bonds is 8. The van der Waals surface area contributed by atoms with Crippen LogP contribution in [0.2, 0.25) is 0 Å². The minimum atomic E-state index is -5.21. The van der Waals surface area contributed by atoms with Crippen LogP contribution < -0.4 is 4.74 Å². The lowest BCUT2D eigenvalue weighted by Crippen LogP contribution is -2.19. The van der Waals surface area contributed by atoms with Crippen molar-refractivity contribution in [1.82, 2.24) is 4.98 Å². The zero-order chi connectivity index (χ0) is 25.9. The summed E-state index contributed by atoms with van der Waals surface area (Å²) < 4.78 is 83.4. The van der Waals surface area contributed by atoms with Crippen LogP contribution in [0.4, 0.5) is 26.3 Å². The molecule has 4 aromatic rings. The van der Waals surface area contributed by atoms with E-state index < -0.39 is 29.6 Å². The normalized spacial score (nSPS) is 11.8. The number of pyridine rings is 1. The Hall–Kier alpha value is -3.55. The summed E-state index contributed by atoms with van der Waals surface area (Å²) in [6.45, 7) is 2.07. The van der Waals surface area contributed by atoms with Gasteiger partial charge >= 0.3 is 6.36 Å². The first kappa shape index (κ1) is 25.5. The molecule has 0 N–H and O–H groups in total. The van der Waals surface area contributed by atoms with Crippen LogP contribution in [-0.2, 0) is 32.1 Å². The van der Waals surface area contributed by atoms with Crippen LogP contribution in [0.15, 0.2) is 60.8 Å². The average Bonchev–Trinajstić information content (AvgIpc) is 2.84. The summed E-state index contributed by atoms with van der Waals surface area (Å²) in [4.78, 5) is 4.47. The number of halogens is 6. The summed E-state index contributed by atoms with van der Waals surface area (Å²) in [5.41, 5.74) is 3.64. The van der Waals surface area contributed by atoms with Crippen LogP contribution in [0.5, 0.6) is 5.75 Å². The van der Waals surface area contributed by atoms with E-state index in [1.807, 2.05) is 24.4 Å². The number of ether oxygens (including phenoxy) is 1. The van der Waals surface area contributed by atoms with Gasteiger partial charge in [-0.25, -0.2) is 13.2 Å². The van der Waals surface area contributed by atoms with Gasteiger partial charge in [0.15, 0.2) is 11.6 Å². The second-order valence-corrected chi connectivity index (χ2v) is 8.54. The van der Waals surface area contributed by atoms with Crippen molar-refractivity contribution in [2.75, 3.05) is 0 Å². The van der Waals surface area contributed by atoms with Crippen molar-refractivity contribution in [3.8, 4) is 5.75 Å². The van der Waals surface area contributed by atoms with E-state index >= 15 is 4.39 Å². The highest BCUT2D eigenvalue weighted by atomic mass is 19.4. The van der Waals surface area contributed by atoms with Gasteiger partial charge in [0.25, 0.3) is 0 Å². The summed E-state index contributed by atoms with van der Waals surface area (Å²) in [6, 6.07) is 14.5. The molecule has 0 radical (unpaired) electrons. The van der Waals surface area contributed by atoms with Crippen molar-refractivity contribution < 1.29 is 31.1 Å². The topological polar surface area (TPSA) is 22.1 Å². The Morgan fingerprint density at radius 1 is 0.750 bits per heavy atom. The smallest absolute Gasteiger partial charge is 0.399 e. The third-order valence-electron chi connectivity index (χ3n) is 6.02. The van der Waals surface area contributed by atoms with Crippen molar-refractivity contribution in [1.29, 1.82) is 0 Å². The molecule has 4 rings (SSSR count). The molecular weight excluding hydrogens is 480 g/mol. The zero-order valence-electron chi connectivity index (χ0n) is 19.4. The summed E-state index contributed by atoms with van der Waals surface area (Å²) in [7, 11) is 0. The van der Waals surface area contributed by atoms with Crippen LogP contribution >= 0.6 is 0 Å². The van der Waals surface area contributed by atoms with Crippen molar-refractivity contribution >= 4 is 10.8 Å². The third-order valence-corrected chi connectivity index (χ3v) is 6.02. The molecule has 0 atom stereocenters. The highest BCUT2D eigenvalue weighted by molar-refractivity contribution is 5.84. The van der Waals surface area contributed by atoms with E-state index in [2.05, 4.69) is 22.7 Å². The molecule has 1 aromatic heterocycles. The monoisotopic (exact) mass is 503 g/mol. The molecule has 1 heterocycles. The number of aryl methyl sites for hydroxylation is 5. The molecule has 0 aliphatic rings. The summed E-state index contributed by atoms with van der Waals surface area (Å²) >= 11 is 0. The van der Waals surface area contributed by atoms with Crippen molar-refractivity contribution in [2.24, 2.45) is 0 Å². The number of nitrogens with zero attached hydrogens (tertiary/aromatic N) is 1.